The zero-order valence-electron chi connectivity index (χ0n) is 11.5. The molecular formula is C12H22N4OS. The van der Waals surface area contributed by atoms with Gasteiger partial charge in [0.05, 0.1) is 17.3 Å². The molecule has 0 fully saturated rings. The fourth-order valence-electron chi connectivity index (χ4n) is 1.43. The van der Waals surface area contributed by atoms with E-state index in [9.17, 15) is 0 Å². The summed E-state index contributed by atoms with van der Waals surface area (Å²) >= 11 is 1.76. The number of nitrogens with zero attached hydrogens (tertiary/aromatic N) is 2. The number of guanidine groups is 1. The van der Waals surface area contributed by atoms with Gasteiger partial charge in [-0.05, 0) is 13.8 Å². The quantitative estimate of drug-likeness (QED) is 0.462. The molecule has 0 atom stereocenters. The molecule has 0 aliphatic rings. The van der Waals surface area contributed by atoms with Gasteiger partial charge in [-0.1, -0.05) is 0 Å². The van der Waals surface area contributed by atoms with Crippen molar-refractivity contribution >= 4 is 17.3 Å². The number of aliphatic imine (C=N–C) groups is 1. The zero-order chi connectivity index (χ0) is 13.4. The molecule has 0 aromatic carbocycles. The Hall–Kier alpha value is -1.14. The minimum absolute atomic E-state index is 0.672. The maximum Gasteiger partial charge on any atom is 0.191 e. The van der Waals surface area contributed by atoms with E-state index in [0.29, 0.717) is 6.61 Å². The van der Waals surface area contributed by atoms with Gasteiger partial charge in [0.25, 0.3) is 0 Å². The molecule has 1 rings (SSSR count). The van der Waals surface area contributed by atoms with Gasteiger partial charge in [0.15, 0.2) is 5.96 Å². The summed E-state index contributed by atoms with van der Waals surface area (Å²) in [5.41, 5.74) is 1.14. The number of aromatic nitrogens is 1. The highest BCUT2D eigenvalue weighted by atomic mass is 32.1. The molecule has 0 saturated carbocycles. The zero-order valence-corrected chi connectivity index (χ0v) is 12.4. The summed E-state index contributed by atoms with van der Waals surface area (Å²) in [5, 5.41) is 7.60. The van der Waals surface area contributed by atoms with E-state index in [1.165, 1.54) is 9.88 Å². The third-order valence-electron chi connectivity index (χ3n) is 2.53. The molecule has 2 N–H and O–H groups in total. The highest BCUT2D eigenvalue weighted by molar-refractivity contribution is 7.11. The molecule has 1 heterocycles. The Morgan fingerprint density at radius 2 is 2.06 bits per heavy atom. The van der Waals surface area contributed by atoms with Gasteiger partial charge in [-0.25, -0.2) is 4.98 Å². The minimum atomic E-state index is 0.672. The molecule has 6 heteroatoms. The van der Waals surface area contributed by atoms with E-state index in [0.717, 1.165) is 31.2 Å². The molecule has 0 spiro atoms. The van der Waals surface area contributed by atoms with Gasteiger partial charge in [0, 0.05) is 38.5 Å². The SMILES string of the molecule is CN=C(NCCOC)NCCc1nc(C)c(C)s1. The second kappa shape index (κ2) is 8.05. The molecule has 1 aromatic rings. The second-order valence-corrected chi connectivity index (χ2v) is 5.21. The number of thiazole rings is 1. The topological polar surface area (TPSA) is 58.5 Å². The summed E-state index contributed by atoms with van der Waals surface area (Å²) in [7, 11) is 3.45. The van der Waals surface area contributed by atoms with Crippen molar-refractivity contribution in [2.45, 2.75) is 20.3 Å². The van der Waals surface area contributed by atoms with Crippen LogP contribution in [-0.2, 0) is 11.2 Å². The molecule has 0 amide bonds. The average Bonchev–Trinajstić information content (AvgIpc) is 2.67. The van der Waals surface area contributed by atoms with Crippen molar-refractivity contribution in [2.75, 3.05) is 33.9 Å². The van der Waals surface area contributed by atoms with Crippen LogP contribution in [0.15, 0.2) is 4.99 Å². The number of ether oxygens (including phenoxy) is 1. The number of nitrogens with one attached hydrogen (secondary N) is 2. The fourth-order valence-corrected chi connectivity index (χ4v) is 2.36. The Bertz CT molecular complexity index is 370. The molecule has 102 valence electrons. The summed E-state index contributed by atoms with van der Waals surface area (Å²) in [6.45, 7) is 6.42. The van der Waals surface area contributed by atoms with Gasteiger partial charge in [-0.3, -0.25) is 4.99 Å². The van der Waals surface area contributed by atoms with Crippen LogP contribution >= 0.6 is 11.3 Å². The van der Waals surface area contributed by atoms with Crippen molar-refractivity contribution < 1.29 is 4.74 Å². The van der Waals surface area contributed by atoms with E-state index in [2.05, 4.69) is 27.5 Å². The molecule has 18 heavy (non-hydrogen) atoms. The van der Waals surface area contributed by atoms with Crippen LogP contribution in [0.1, 0.15) is 15.6 Å². The first-order valence-corrected chi connectivity index (χ1v) is 6.85. The van der Waals surface area contributed by atoms with Crippen LogP contribution in [0, 0.1) is 13.8 Å². The molecule has 1 aromatic heterocycles. The van der Waals surface area contributed by atoms with E-state index >= 15 is 0 Å². The summed E-state index contributed by atoms with van der Waals surface area (Å²) in [6.07, 6.45) is 0.921. The van der Waals surface area contributed by atoms with Crippen molar-refractivity contribution in [3.63, 3.8) is 0 Å². The average molecular weight is 270 g/mol. The van der Waals surface area contributed by atoms with Gasteiger partial charge in [0.1, 0.15) is 0 Å². The Kier molecular flexibility index (Phi) is 6.67. The molecule has 0 aliphatic heterocycles. The van der Waals surface area contributed by atoms with E-state index in [1.54, 1.807) is 25.5 Å². The van der Waals surface area contributed by atoms with Gasteiger partial charge in [0.2, 0.25) is 0 Å². The minimum Gasteiger partial charge on any atom is -0.383 e. The lowest BCUT2D eigenvalue weighted by Gasteiger charge is -2.10. The van der Waals surface area contributed by atoms with Gasteiger partial charge >= 0.3 is 0 Å². The Labute approximate surface area is 113 Å². The van der Waals surface area contributed by atoms with Crippen LogP contribution in [-0.4, -0.2) is 44.8 Å². The Balaban J connectivity index is 2.27. The predicted octanol–water partition coefficient (Wildman–Crippen LogP) is 1.11. The molecule has 0 aliphatic carbocycles. The maximum atomic E-state index is 4.97. The van der Waals surface area contributed by atoms with Crippen molar-refractivity contribution in [3.05, 3.63) is 15.6 Å². The third kappa shape index (κ3) is 5.01. The van der Waals surface area contributed by atoms with E-state index < -0.39 is 0 Å². The van der Waals surface area contributed by atoms with Crippen LogP contribution in [0.2, 0.25) is 0 Å². The number of hydrogen-bond acceptors (Lipinski definition) is 4. The standard InChI is InChI=1S/C12H22N4OS/c1-9-10(2)18-11(16-9)5-6-14-12(13-3)15-7-8-17-4/h5-8H2,1-4H3,(H2,13,14,15). The summed E-state index contributed by atoms with van der Waals surface area (Å²) in [6, 6.07) is 0. The number of hydrogen-bond donors (Lipinski definition) is 2. The number of methoxy groups -OCH3 is 1. The lowest BCUT2D eigenvalue weighted by Crippen LogP contribution is -2.39. The van der Waals surface area contributed by atoms with E-state index in [1.807, 2.05) is 6.92 Å². The summed E-state index contributed by atoms with van der Waals surface area (Å²) in [5.74, 6) is 0.803. The first-order valence-electron chi connectivity index (χ1n) is 6.03. The van der Waals surface area contributed by atoms with E-state index in [4.69, 9.17) is 4.74 Å². The lowest BCUT2D eigenvalue weighted by molar-refractivity contribution is 0.203. The normalized spacial score (nSPS) is 11.7. The third-order valence-corrected chi connectivity index (χ3v) is 3.66. The van der Waals surface area contributed by atoms with Gasteiger partial charge in [-0.15, -0.1) is 11.3 Å². The first kappa shape index (κ1) is 14.9. The lowest BCUT2D eigenvalue weighted by atomic mass is 10.4. The monoisotopic (exact) mass is 270 g/mol. The highest BCUT2D eigenvalue weighted by Crippen LogP contribution is 2.16. The van der Waals surface area contributed by atoms with Crippen molar-refractivity contribution in [1.29, 1.82) is 0 Å². The van der Waals surface area contributed by atoms with Crippen LogP contribution in [0.5, 0.6) is 0 Å². The molecule has 0 unspecified atom stereocenters. The largest absolute Gasteiger partial charge is 0.383 e. The predicted molar refractivity (Wildman–Crippen MR) is 76.5 cm³/mol. The van der Waals surface area contributed by atoms with Gasteiger partial charge < -0.3 is 15.4 Å². The summed E-state index contributed by atoms with van der Waals surface area (Å²) in [4.78, 5) is 9.94. The van der Waals surface area contributed by atoms with Crippen LogP contribution < -0.4 is 10.6 Å². The van der Waals surface area contributed by atoms with Crippen molar-refractivity contribution in [1.82, 2.24) is 15.6 Å². The number of rotatable bonds is 6. The molecular weight excluding hydrogens is 248 g/mol. The van der Waals surface area contributed by atoms with Crippen LogP contribution in [0.3, 0.4) is 0 Å². The van der Waals surface area contributed by atoms with Crippen molar-refractivity contribution in [3.8, 4) is 0 Å². The smallest absolute Gasteiger partial charge is 0.191 e. The van der Waals surface area contributed by atoms with Crippen LogP contribution in [0.4, 0.5) is 0 Å². The molecule has 5 nitrogen and oxygen atoms in total. The van der Waals surface area contributed by atoms with Crippen LogP contribution in [0.25, 0.3) is 0 Å². The molecule has 0 saturated heterocycles. The Morgan fingerprint density at radius 1 is 1.33 bits per heavy atom. The molecule has 0 bridgehead atoms. The van der Waals surface area contributed by atoms with E-state index in [-0.39, 0.29) is 0 Å². The summed E-state index contributed by atoms with van der Waals surface area (Å²) < 4.78 is 4.97. The maximum absolute atomic E-state index is 4.97. The Morgan fingerprint density at radius 3 is 2.61 bits per heavy atom. The molecule has 0 radical (unpaired) electrons. The van der Waals surface area contributed by atoms with Crippen molar-refractivity contribution in [2.24, 2.45) is 4.99 Å². The highest BCUT2D eigenvalue weighted by Gasteiger charge is 2.03. The number of aryl methyl sites for hydroxylation is 2. The second-order valence-electron chi connectivity index (χ2n) is 3.92. The fraction of sp³-hybridized carbons (Fsp3) is 0.667. The first-order chi connectivity index (χ1) is 8.67. The van der Waals surface area contributed by atoms with Gasteiger partial charge in [-0.2, -0.15) is 0 Å².